The van der Waals surface area contributed by atoms with Gasteiger partial charge in [-0.15, -0.1) is 0 Å². The second kappa shape index (κ2) is 7.41. The lowest BCUT2D eigenvalue weighted by Crippen LogP contribution is -2.40. The van der Waals surface area contributed by atoms with Gasteiger partial charge in [-0.25, -0.2) is 4.79 Å². The SMILES string of the molecule is CC(CCNC(=O)N(C)CC(=O)O)c1ccccc1. The lowest BCUT2D eigenvalue weighted by atomic mass is 9.98. The first kappa shape index (κ1) is 15.0. The zero-order valence-corrected chi connectivity index (χ0v) is 11.3. The molecule has 1 unspecified atom stereocenters. The van der Waals surface area contributed by atoms with Gasteiger partial charge in [0, 0.05) is 13.6 Å². The Labute approximate surface area is 113 Å². The third kappa shape index (κ3) is 5.42. The molecule has 1 aromatic carbocycles. The van der Waals surface area contributed by atoms with Gasteiger partial charge in [-0.05, 0) is 17.9 Å². The van der Waals surface area contributed by atoms with E-state index in [2.05, 4.69) is 24.4 Å². The molecule has 0 aliphatic heterocycles. The Morgan fingerprint density at radius 1 is 1.32 bits per heavy atom. The van der Waals surface area contributed by atoms with Crippen LogP contribution in [0.25, 0.3) is 0 Å². The Morgan fingerprint density at radius 3 is 2.53 bits per heavy atom. The fourth-order valence-electron chi connectivity index (χ4n) is 1.75. The van der Waals surface area contributed by atoms with Crippen LogP contribution in [-0.4, -0.2) is 42.1 Å². The predicted octanol–water partition coefficient (Wildman–Crippen LogP) is 1.91. The molecule has 0 aromatic heterocycles. The second-order valence-corrected chi connectivity index (χ2v) is 4.58. The van der Waals surface area contributed by atoms with Crippen LogP contribution in [0.2, 0.25) is 0 Å². The molecule has 0 fully saturated rings. The summed E-state index contributed by atoms with van der Waals surface area (Å²) in [6.07, 6.45) is 0.816. The van der Waals surface area contributed by atoms with E-state index in [9.17, 15) is 9.59 Å². The molecule has 0 aliphatic carbocycles. The van der Waals surface area contributed by atoms with E-state index in [4.69, 9.17) is 5.11 Å². The average Bonchev–Trinajstić information content (AvgIpc) is 2.38. The van der Waals surface area contributed by atoms with E-state index in [0.717, 1.165) is 11.3 Å². The van der Waals surface area contributed by atoms with Crippen LogP contribution < -0.4 is 5.32 Å². The summed E-state index contributed by atoms with van der Waals surface area (Å²) in [6, 6.07) is 9.71. The molecular weight excluding hydrogens is 244 g/mol. The van der Waals surface area contributed by atoms with Crippen molar-refractivity contribution in [2.24, 2.45) is 0 Å². The highest BCUT2D eigenvalue weighted by Crippen LogP contribution is 2.17. The fraction of sp³-hybridized carbons (Fsp3) is 0.429. The maximum Gasteiger partial charge on any atom is 0.323 e. The molecule has 0 aliphatic rings. The van der Waals surface area contributed by atoms with Gasteiger partial charge in [0.25, 0.3) is 0 Å². The summed E-state index contributed by atoms with van der Waals surface area (Å²) in [4.78, 5) is 23.2. The van der Waals surface area contributed by atoms with E-state index in [0.29, 0.717) is 12.5 Å². The number of carbonyl (C=O) groups is 2. The number of amides is 2. The standard InChI is InChI=1S/C14H20N2O3/c1-11(12-6-4-3-5-7-12)8-9-15-14(19)16(2)10-13(17)18/h3-7,11H,8-10H2,1-2H3,(H,15,19)(H,17,18). The number of likely N-dealkylation sites (N-methyl/N-ethyl adjacent to an activating group) is 1. The fourth-order valence-corrected chi connectivity index (χ4v) is 1.75. The molecular formula is C14H20N2O3. The summed E-state index contributed by atoms with van der Waals surface area (Å²) >= 11 is 0. The van der Waals surface area contributed by atoms with E-state index in [1.165, 1.54) is 12.6 Å². The maximum atomic E-state index is 11.5. The van der Waals surface area contributed by atoms with Gasteiger partial charge in [0.15, 0.2) is 0 Å². The molecule has 0 saturated heterocycles. The monoisotopic (exact) mass is 264 g/mol. The number of hydrogen-bond donors (Lipinski definition) is 2. The third-order valence-electron chi connectivity index (χ3n) is 2.94. The van der Waals surface area contributed by atoms with E-state index >= 15 is 0 Å². The molecule has 0 saturated carbocycles. The average molecular weight is 264 g/mol. The van der Waals surface area contributed by atoms with E-state index in [1.54, 1.807) is 0 Å². The van der Waals surface area contributed by atoms with Crippen LogP contribution in [0.4, 0.5) is 4.79 Å². The quantitative estimate of drug-likeness (QED) is 0.824. The van der Waals surface area contributed by atoms with Crippen LogP contribution in [0.15, 0.2) is 30.3 Å². The first-order valence-corrected chi connectivity index (χ1v) is 6.26. The van der Waals surface area contributed by atoms with Crippen LogP contribution >= 0.6 is 0 Å². The van der Waals surface area contributed by atoms with Crippen LogP contribution in [0, 0.1) is 0 Å². The zero-order valence-electron chi connectivity index (χ0n) is 11.3. The Balaban J connectivity index is 2.30. The number of carbonyl (C=O) groups excluding carboxylic acids is 1. The van der Waals surface area contributed by atoms with E-state index in [-0.39, 0.29) is 12.6 Å². The van der Waals surface area contributed by atoms with Crippen molar-refractivity contribution in [2.75, 3.05) is 20.1 Å². The molecule has 1 rings (SSSR count). The molecule has 1 aromatic rings. The number of nitrogens with zero attached hydrogens (tertiary/aromatic N) is 1. The highest BCUT2D eigenvalue weighted by atomic mass is 16.4. The van der Waals surface area contributed by atoms with Crippen LogP contribution in [0.3, 0.4) is 0 Å². The number of benzene rings is 1. The van der Waals surface area contributed by atoms with Gasteiger partial charge in [0.05, 0.1) is 0 Å². The maximum absolute atomic E-state index is 11.5. The molecule has 5 heteroatoms. The largest absolute Gasteiger partial charge is 0.480 e. The van der Waals surface area contributed by atoms with Crippen LogP contribution in [-0.2, 0) is 4.79 Å². The van der Waals surface area contributed by atoms with E-state index < -0.39 is 5.97 Å². The molecule has 0 heterocycles. The summed E-state index contributed by atoms with van der Waals surface area (Å²) in [5.41, 5.74) is 1.23. The Kier molecular flexibility index (Phi) is 5.85. The molecule has 5 nitrogen and oxygen atoms in total. The molecule has 2 amide bonds. The minimum Gasteiger partial charge on any atom is -0.480 e. The van der Waals surface area contributed by atoms with Crippen molar-refractivity contribution in [3.63, 3.8) is 0 Å². The first-order chi connectivity index (χ1) is 9.00. The molecule has 19 heavy (non-hydrogen) atoms. The Hall–Kier alpha value is -2.04. The molecule has 104 valence electrons. The van der Waals surface area contributed by atoms with Gasteiger partial charge in [-0.1, -0.05) is 37.3 Å². The van der Waals surface area contributed by atoms with Gasteiger partial charge in [0.2, 0.25) is 0 Å². The Morgan fingerprint density at radius 2 is 1.95 bits per heavy atom. The molecule has 0 spiro atoms. The summed E-state index contributed by atoms with van der Waals surface area (Å²) in [6.45, 7) is 2.33. The van der Waals surface area contributed by atoms with Crippen LogP contribution in [0.5, 0.6) is 0 Å². The van der Waals surface area contributed by atoms with Gasteiger partial charge < -0.3 is 15.3 Å². The molecule has 2 N–H and O–H groups in total. The summed E-state index contributed by atoms with van der Waals surface area (Å²) in [7, 11) is 1.46. The number of aliphatic carboxylic acids is 1. The number of carboxylic acid groups (broad SMARTS) is 1. The minimum absolute atomic E-state index is 0.292. The van der Waals surface area contributed by atoms with Crippen LogP contribution in [0.1, 0.15) is 24.8 Å². The number of carboxylic acids is 1. The summed E-state index contributed by atoms with van der Waals surface area (Å²) < 4.78 is 0. The lowest BCUT2D eigenvalue weighted by molar-refractivity contribution is -0.137. The molecule has 1 atom stereocenters. The summed E-state index contributed by atoms with van der Waals surface area (Å²) in [5, 5.41) is 11.3. The second-order valence-electron chi connectivity index (χ2n) is 4.58. The number of nitrogens with one attached hydrogen (secondary N) is 1. The smallest absolute Gasteiger partial charge is 0.323 e. The van der Waals surface area contributed by atoms with Crippen molar-refractivity contribution in [3.8, 4) is 0 Å². The van der Waals surface area contributed by atoms with Gasteiger partial charge in [-0.3, -0.25) is 4.79 Å². The van der Waals surface area contributed by atoms with Crippen molar-refractivity contribution in [1.29, 1.82) is 0 Å². The lowest BCUT2D eigenvalue weighted by Gasteiger charge is -2.17. The van der Waals surface area contributed by atoms with Crippen molar-refractivity contribution in [2.45, 2.75) is 19.3 Å². The first-order valence-electron chi connectivity index (χ1n) is 6.26. The predicted molar refractivity (Wildman–Crippen MR) is 73.1 cm³/mol. The number of urea groups is 1. The minimum atomic E-state index is -1.02. The van der Waals surface area contributed by atoms with Gasteiger partial charge >= 0.3 is 12.0 Å². The molecule has 0 bridgehead atoms. The number of rotatable bonds is 6. The van der Waals surface area contributed by atoms with Gasteiger partial charge in [0.1, 0.15) is 6.54 Å². The highest BCUT2D eigenvalue weighted by Gasteiger charge is 2.12. The Bertz CT molecular complexity index is 420. The highest BCUT2D eigenvalue weighted by molar-refractivity contribution is 5.79. The van der Waals surface area contributed by atoms with Gasteiger partial charge in [-0.2, -0.15) is 0 Å². The normalized spacial score (nSPS) is 11.7. The molecule has 0 radical (unpaired) electrons. The van der Waals surface area contributed by atoms with Crippen molar-refractivity contribution >= 4 is 12.0 Å². The number of hydrogen-bond acceptors (Lipinski definition) is 2. The van der Waals surface area contributed by atoms with E-state index in [1.807, 2.05) is 18.2 Å². The zero-order chi connectivity index (χ0) is 14.3. The van der Waals surface area contributed by atoms with Crippen molar-refractivity contribution in [3.05, 3.63) is 35.9 Å². The topological polar surface area (TPSA) is 69.6 Å². The third-order valence-corrected chi connectivity index (χ3v) is 2.94. The van der Waals surface area contributed by atoms with Crippen molar-refractivity contribution < 1.29 is 14.7 Å². The van der Waals surface area contributed by atoms with Crippen molar-refractivity contribution in [1.82, 2.24) is 10.2 Å². The summed E-state index contributed by atoms with van der Waals surface area (Å²) in [5.74, 6) is -0.665.